The fraction of sp³-hybridized carbons (Fsp3) is 0.500. The normalized spacial score (nSPS) is 30.4. The Bertz CT molecular complexity index is 271. The first kappa shape index (κ1) is 8.25. The molecule has 0 heterocycles. The van der Waals surface area contributed by atoms with E-state index < -0.39 is 0 Å². The molecule has 0 spiro atoms. The van der Waals surface area contributed by atoms with Crippen LogP contribution in [0.15, 0.2) is 23.3 Å². The Balaban J connectivity index is 3.15. The topological polar surface area (TPSA) is 17.1 Å². The van der Waals surface area contributed by atoms with Crippen LogP contribution in [0.3, 0.4) is 0 Å². The number of allylic oxidation sites excluding steroid dienone is 3. The van der Waals surface area contributed by atoms with Crippen LogP contribution in [-0.4, -0.2) is 5.78 Å². The third-order valence-electron chi connectivity index (χ3n) is 3.07. The molecule has 1 aliphatic rings. The zero-order valence-corrected chi connectivity index (χ0v) is 7.62. The van der Waals surface area contributed by atoms with Gasteiger partial charge in [0.1, 0.15) is 5.78 Å². The number of carbonyl (C=O) groups is 1. The summed E-state index contributed by atoms with van der Waals surface area (Å²) in [7, 11) is 0. The lowest BCUT2D eigenvalue weighted by atomic mass is 9.61. The highest BCUT2D eigenvalue weighted by Crippen LogP contribution is 2.49. The number of carbonyl (C=O) groups excluding carboxylic acids is 1. The third kappa shape index (κ3) is 0.740. The van der Waals surface area contributed by atoms with Crippen molar-refractivity contribution in [1.82, 2.24) is 0 Å². The van der Waals surface area contributed by atoms with Crippen molar-refractivity contribution in [2.24, 2.45) is 5.41 Å². The second-order valence-corrected chi connectivity index (χ2v) is 3.41. The summed E-state index contributed by atoms with van der Waals surface area (Å²) in [5, 5.41) is 0. The molecule has 1 rings (SSSR count). The molecule has 11 heavy (non-hydrogen) atoms. The van der Waals surface area contributed by atoms with Crippen LogP contribution < -0.4 is 0 Å². The van der Waals surface area contributed by atoms with E-state index >= 15 is 0 Å². The van der Waals surface area contributed by atoms with Gasteiger partial charge in [0, 0.05) is 0 Å². The Morgan fingerprint density at radius 3 is 2.09 bits per heavy atom. The molecule has 0 aliphatic heterocycles. The zero-order chi connectivity index (χ0) is 8.81. The summed E-state index contributed by atoms with van der Waals surface area (Å²) >= 11 is 0. The van der Waals surface area contributed by atoms with Crippen LogP contribution in [0.4, 0.5) is 0 Å². The van der Waals surface area contributed by atoms with Gasteiger partial charge in [-0.15, -0.1) is 0 Å². The second kappa shape index (κ2) is 2.07. The highest BCUT2D eigenvalue weighted by atomic mass is 16.1. The molecule has 0 fully saturated rings. The highest BCUT2D eigenvalue weighted by molar-refractivity contribution is 5.93. The maximum absolute atomic E-state index is 11.2. The molecule has 0 saturated carbocycles. The standard InChI is InChI=1S/C10H14O/c1-6-7(2)10(5,8(6)3)9(4)11/h2H2,1,3-5H3. The van der Waals surface area contributed by atoms with E-state index in [2.05, 4.69) is 6.58 Å². The molecule has 1 unspecified atom stereocenters. The van der Waals surface area contributed by atoms with Crippen LogP contribution in [0.1, 0.15) is 27.7 Å². The van der Waals surface area contributed by atoms with Gasteiger partial charge in [0.15, 0.2) is 0 Å². The molecule has 1 atom stereocenters. The second-order valence-electron chi connectivity index (χ2n) is 3.41. The third-order valence-corrected chi connectivity index (χ3v) is 3.07. The Hall–Kier alpha value is -0.850. The van der Waals surface area contributed by atoms with E-state index in [9.17, 15) is 4.79 Å². The smallest absolute Gasteiger partial charge is 0.144 e. The molecule has 0 N–H and O–H groups in total. The fourth-order valence-electron chi connectivity index (χ4n) is 1.62. The first-order chi connectivity index (χ1) is 4.92. The molecule has 1 aliphatic carbocycles. The minimum Gasteiger partial charge on any atom is -0.299 e. The lowest BCUT2D eigenvalue weighted by molar-refractivity contribution is -0.122. The molecule has 0 radical (unpaired) electrons. The van der Waals surface area contributed by atoms with Crippen molar-refractivity contribution in [2.45, 2.75) is 27.7 Å². The van der Waals surface area contributed by atoms with Crippen molar-refractivity contribution in [3.63, 3.8) is 0 Å². The lowest BCUT2D eigenvalue weighted by Gasteiger charge is -2.41. The van der Waals surface area contributed by atoms with E-state index in [-0.39, 0.29) is 11.2 Å². The van der Waals surface area contributed by atoms with Gasteiger partial charge in [0.05, 0.1) is 5.41 Å². The van der Waals surface area contributed by atoms with Gasteiger partial charge in [-0.05, 0) is 38.8 Å². The average Bonchev–Trinajstić information content (AvgIpc) is 1.99. The van der Waals surface area contributed by atoms with Crippen molar-refractivity contribution in [1.29, 1.82) is 0 Å². The summed E-state index contributed by atoms with van der Waals surface area (Å²) < 4.78 is 0. The fourth-order valence-corrected chi connectivity index (χ4v) is 1.62. The van der Waals surface area contributed by atoms with Crippen LogP contribution in [0.5, 0.6) is 0 Å². The quantitative estimate of drug-likeness (QED) is 0.561. The van der Waals surface area contributed by atoms with Crippen LogP contribution in [0, 0.1) is 5.41 Å². The van der Waals surface area contributed by atoms with Crippen LogP contribution in [0.2, 0.25) is 0 Å². The van der Waals surface area contributed by atoms with Crippen LogP contribution >= 0.6 is 0 Å². The van der Waals surface area contributed by atoms with E-state index in [1.54, 1.807) is 6.92 Å². The van der Waals surface area contributed by atoms with E-state index in [0.29, 0.717) is 0 Å². The minimum atomic E-state index is -0.343. The lowest BCUT2D eigenvalue weighted by Crippen LogP contribution is -2.37. The SMILES string of the molecule is C=C1C(C)=C(C)C1(C)C(C)=O. The monoisotopic (exact) mass is 150 g/mol. The molecule has 0 aromatic carbocycles. The molecule has 1 heteroatoms. The molecule has 0 aromatic heterocycles. The van der Waals surface area contributed by atoms with Crippen LogP contribution in [-0.2, 0) is 4.79 Å². The van der Waals surface area contributed by atoms with E-state index in [1.165, 1.54) is 11.1 Å². The van der Waals surface area contributed by atoms with Crippen molar-refractivity contribution < 1.29 is 4.79 Å². The van der Waals surface area contributed by atoms with Gasteiger partial charge < -0.3 is 0 Å². The number of ketones is 1. The largest absolute Gasteiger partial charge is 0.299 e. The predicted octanol–water partition coefficient (Wildman–Crippen LogP) is 2.49. The number of hydrogen-bond acceptors (Lipinski definition) is 1. The summed E-state index contributed by atoms with van der Waals surface area (Å²) in [5.41, 5.74) is 3.02. The number of Topliss-reactive ketones (excluding diaryl/α,β-unsaturated/α-hetero) is 1. The molecular formula is C10H14O. The molecule has 0 aromatic rings. The Morgan fingerprint density at radius 2 is 1.91 bits per heavy atom. The summed E-state index contributed by atoms with van der Waals surface area (Å²) in [4.78, 5) is 11.2. The van der Waals surface area contributed by atoms with Crippen LogP contribution in [0.25, 0.3) is 0 Å². The van der Waals surface area contributed by atoms with Gasteiger partial charge in [0.2, 0.25) is 0 Å². The van der Waals surface area contributed by atoms with Gasteiger partial charge in [-0.25, -0.2) is 0 Å². The number of rotatable bonds is 1. The zero-order valence-electron chi connectivity index (χ0n) is 7.62. The van der Waals surface area contributed by atoms with Gasteiger partial charge in [-0.2, -0.15) is 0 Å². The van der Waals surface area contributed by atoms with Gasteiger partial charge in [0.25, 0.3) is 0 Å². The molecule has 1 nitrogen and oxygen atoms in total. The maximum atomic E-state index is 11.2. The van der Waals surface area contributed by atoms with Gasteiger partial charge >= 0.3 is 0 Å². The molecule has 0 saturated heterocycles. The van der Waals surface area contributed by atoms with E-state index in [0.717, 1.165) is 5.57 Å². The van der Waals surface area contributed by atoms with Gasteiger partial charge in [-0.1, -0.05) is 12.2 Å². The van der Waals surface area contributed by atoms with Crippen molar-refractivity contribution in [3.05, 3.63) is 23.3 Å². The minimum absolute atomic E-state index is 0.200. The maximum Gasteiger partial charge on any atom is 0.144 e. The average molecular weight is 150 g/mol. The van der Waals surface area contributed by atoms with Crippen molar-refractivity contribution in [3.8, 4) is 0 Å². The summed E-state index contributed by atoms with van der Waals surface area (Å²) in [5.74, 6) is 0.200. The summed E-state index contributed by atoms with van der Waals surface area (Å²) in [6.45, 7) is 11.5. The molecule has 0 bridgehead atoms. The van der Waals surface area contributed by atoms with Crippen molar-refractivity contribution >= 4 is 5.78 Å². The Morgan fingerprint density at radius 1 is 1.45 bits per heavy atom. The molecule has 0 amide bonds. The Labute approximate surface area is 67.8 Å². The van der Waals surface area contributed by atoms with Crippen molar-refractivity contribution in [2.75, 3.05) is 0 Å². The predicted molar refractivity (Wildman–Crippen MR) is 46.3 cm³/mol. The Kier molecular flexibility index (Phi) is 1.55. The highest BCUT2D eigenvalue weighted by Gasteiger charge is 2.43. The van der Waals surface area contributed by atoms with Gasteiger partial charge in [-0.3, -0.25) is 4.79 Å². The number of hydrogen-bond donors (Lipinski definition) is 0. The first-order valence-electron chi connectivity index (χ1n) is 3.81. The first-order valence-corrected chi connectivity index (χ1v) is 3.81. The van der Waals surface area contributed by atoms with E-state index in [1.807, 2.05) is 20.8 Å². The summed E-state index contributed by atoms with van der Waals surface area (Å²) in [6.07, 6.45) is 0. The summed E-state index contributed by atoms with van der Waals surface area (Å²) in [6, 6.07) is 0. The van der Waals surface area contributed by atoms with E-state index in [4.69, 9.17) is 0 Å². The molecular weight excluding hydrogens is 136 g/mol. The molecule has 60 valence electrons.